The number of nitro benzene ring substituents is 1. The Morgan fingerprint density at radius 3 is 2.29 bits per heavy atom. The minimum atomic E-state index is -0.463. The average Bonchev–Trinajstić information content (AvgIpc) is 2.66. The predicted octanol–water partition coefficient (Wildman–Crippen LogP) is 6.88. The molecule has 0 bridgehead atoms. The first kappa shape index (κ1) is 20.1. The number of halogens is 3. The average molecular weight is 436 g/mol. The Morgan fingerprint density at radius 1 is 1.00 bits per heavy atom. The third-order valence-electron chi connectivity index (χ3n) is 3.72. The number of hydrogen-bond acceptors (Lipinski definition) is 4. The van der Waals surface area contributed by atoms with Gasteiger partial charge in [0.1, 0.15) is 6.61 Å². The van der Waals surface area contributed by atoms with Gasteiger partial charge in [0.15, 0.2) is 5.75 Å². The monoisotopic (exact) mass is 434 g/mol. The van der Waals surface area contributed by atoms with Gasteiger partial charge in [0.05, 0.1) is 20.7 Å². The zero-order valence-corrected chi connectivity index (χ0v) is 16.6. The summed E-state index contributed by atoms with van der Waals surface area (Å²) in [4.78, 5) is 14.5. The van der Waals surface area contributed by atoms with E-state index in [2.05, 4.69) is 4.99 Å². The Balaban J connectivity index is 1.73. The number of nitro groups is 1. The molecule has 142 valence electrons. The van der Waals surface area contributed by atoms with E-state index in [-0.39, 0.29) is 12.3 Å². The molecule has 28 heavy (non-hydrogen) atoms. The Morgan fingerprint density at radius 2 is 1.68 bits per heavy atom. The Hall–Kier alpha value is -2.60. The molecule has 0 aromatic heterocycles. The zero-order chi connectivity index (χ0) is 20.1. The first-order valence-electron chi connectivity index (χ1n) is 8.07. The summed E-state index contributed by atoms with van der Waals surface area (Å²) in [5.74, 6) is 0.371. The van der Waals surface area contributed by atoms with Gasteiger partial charge in [-0.15, -0.1) is 0 Å². The van der Waals surface area contributed by atoms with Crippen LogP contribution in [-0.2, 0) is 6.61 Å². The summed E-state index contributed by atoms with van der Waals surface area (Å²) in [5.41, 5.74) is 2.14. The molecule has 0 radical (unpaired) electrons. The first-order chi connectivity index (χ1) is 13.4. The number of rotatable bonds is 6. The fourth-order valence-corrected chi connectivity index (χ4v) is 3.21. The van der Waals surface area contributed by atoms with Crippen LogP contribution in [-0.4, -0.2) is 11.1 Å². The molecular weight excluding hydrogens is 423 g/mol. The number of non-ortho nitro benzene ring substituents is 1. The molecule has 0 aliphatic heterocycles. The molecule has 3 aromatic rings. The number of ether oxygens (including phenoxy) is 1. The van der Waals surface area contributed by atoms with E-state index in [0.29, 0.717) is 32.1 Å². The second-order valence-corrected chi connectivity index (χ2v) is 7.01. The van der Waals surface area contributed by atoms with Crippen LogP contribution in [0.25, 0.3) is 0 Å². The maximum Gasteiger partial charge on any atom is 0.269 e. The summed E-state index contributed by atoms with van der Waals surface area (Å²) in [7, 11) is 0. The van der Waals surface area contributed by atoms with Gasteiger partial charge in [-0.1, -0.05) is 46.9 Å². The van der Waals surface area contributed by atoms with Crippen LogP contribution in [0, 0.1) is 10.1 Å². The molecule has 0 unspecified atom stereocenters. The minimum Gasteiger partial charge on any atom is -0.486 e. The highest BCUT2D eigenvalue weighted by Gasteiger charge is 2.10. The van der Waals surface area contributed by atoms with Crippen molar-refractivity contribution in [2.24, 2.45) is 4.99 Å². The van der Waals surface area contributed by atoms with E-state index in [1.54, 1.807) is 42.6 Å². The predicted molar refractivity (Wildman–Crippen MR) is 113 cm³/mol. The SMILES string of the molecule is O=[N+]([O-])c1ccc(N=Cc2cc(Cl)c(OCc3cccc(Cl)c3)c(Cl)c2)cc1. The number of nitrogens with zero attached hydrogens (tertiary/aromatic N) is 2. The van der Waals surface area contributed by atoms with Gasteiger partial charge in [0, 0.05) is 23.4 Å². The third-order valence-corrected chi connectivity index (χ3v) is 4.51. The van der Waals surface area contributed by atoms with E-state index in [0.717, 1.165) is 5.56 Å². The molecule has 8 heteroatoms. The van der Waals surface area contributed by atoms with E-state index < -0.39 is 4.92 Å². The molecule has 3 rings (SSSR count). The van der Waals surface area contributed by atoms with Crippen molar-refractivity contribution in [3.8, 4) is 5.75 Å². The normalized spacial score (nSPS) is 11.0. The highest BCUT2D eigenvalue weighted by atomic mass is 35.5. The van der Waals surface area contributed by atoms with Gasteiger partial charge in [-0.05, 0) is 47.5 Å². The molecule has 0 spiro atoms. The van der Waals surface area contributed by atoms with Crippen molar-refractivity contribution in [1.29, 1.82) is 0 Å². The van der Waals surface area contributed by atoms with E-state index in [1.165, 1.54) is 12.1 Å². The standard InChI is InChI=1S/C20H13Cl3N2O3/c21-15-3-1-2-13(8-15)12-28-20-18(22)9-14(10-19(20)23)11-24-16-4-6-17(7-5-16)25(26)27/h1-11H,12H2. The Bertz CT molecular complexity index is 1010. The smallest absolute Gasteiger partial charge is 0.269 e. The van der Waals surface area contributed by atoms with Gasteiger partial charge in [0.25, 0.3) is 5.69 Å². The van der Waals surface area contributed by atoms with Crippen LogP contribution in [0.2, 0.25) is 15.1 Å². The van der Waals surface area contributed by atoms with Gasteiger partial charge in [-0.25, -0.2) is 0 Å². The van der Waals surface area contributed by atoms with Gasteiger partial charge in [-0.3, -0.25) is 15.1 Å². The molecule has 0 heterocycles. The maximum absolute atomic E-state index is 10.7. The second kappa shape index (κ2) is 9.06. The first-order valence-corrected chi connectivity index (χ1v) is 9.20. The maximum atomic E-state index is 10.7. The lowest BCUT2D eigenvalue weighted by molar-refractivity contribution is -0.384. The molecule has 0 N–H and O–H groups in total. The van der Waals surface area contributed by atoms with Crippen LogP contribution in [0.5, 0.6) is 5.75 Å². The molecule has 0 amide bonds. The summed E-state index contributed by atoms with van der Waals surface area (Å²) in [6.07, 6.45) is 1.57. The lowest BCUT2D eigenvalue weighted by Gasteiger charge is -2.11. The Kier molecular flexibility index (Phi) is 6.52. The van der Waals surface area contributed by atoms with Crippen molar-refractivity contribution in [1.82, 2.24) is 0 Å². The fraction of sp³-hybridized carbons (Fsp3) is 0.0500. The molecule has 0 aliphatic rings. The quantitative estimate of drug-likeness (QED) is 0.241. The number of aliphatic imine (C=N–C) groups is 1. The minimum absolute atomic E-state index is 0.00578. The third kappa shape index (κ3) is 5.23. The summed E-state index contributed by atoms with van der Waals surface area (Å²) >= 11 is 18.6. The van der Waals surface area contributed by atoms with Crippen molar-refractivity contribution in [2.75, 3.05) is 0 Å². The molecule has 0 saturated carbocycles. The van der Waals surface area contributed by atoms with E-state index >= 15 is 0 Å². The van der Waals surface area contributed by atoms with Gasteiger partial charge < -0.3 is 4.74 Å². The van der Waals surface area contributed by atoms with Gasteiger partial charge in [0.2, 0.25) is 0 Å². The van der Waals surface area contributed by atoms with Gasteiger partial charge >= 0.3 is 0 Å². The summed E-state index contributed by atoms with van der Waals surface area (Å²) in [5, 5.41) is 12.0. The highest BCUT2D eigenvalue weighted by molar-refractivity contribution is 6.37. The Labute approximate surface area is 176 Å². The van der Waals surface area contributed by atoms with Crippen LogP contribution >= 0.6 is 34.8 Å². The molecular formula is C20H13Cl3N2O3. The molecule has 0 fully saturated rings. The van der Waals surface area contributed by atoms with Crippen LogP contribution < -0.4 is 4.74 Å². The molecule has 5 nitrogen and oxygen atoms in total. The summed E-state index contributed by atoms with van der Waals surface area (Å²) in [6, 6.07) is 16.5. The lowest BCUT2D eigenvalue weighted by Crippen LogP contribution is -1.97. The second-order valence-electron chi connectivity index (χ2n) is 5.76. The van der Waals surface area contributed by atoms with Crippen LogP contribution in [0.1, 0.15) is 11.1 Å². The van der Waals surface area contributed by atoms with Crippen LogP contribution in [0.4, 0.5) is 11.4 Å². The largest absolute Gasteiger partial charge is 0.486 e. The lowest BCUT2D eigenvalue weighted by atomic mass is 10.2. The highest BCUT2D eigenvalue weighted by Crippen LogP contribution is 2.34. The van der Waals surface area contributed by atoms with E-state index in [9.17, 15) is 10.1 Å². The van der Waals surface area contributed by atoms with Crippen LogP contribution in [0.3, 0.4) is 0 Å². The molecule has 3 aromatic carbocycles. The summed E-state index contributed by atoms with van der Waals surface area (Å²) < 4.78 is 5.73. The number of hydrogen-bond donors (Lipinski definition) is 0. The van der Waals surface area contributed by atoms with E-state index in [1.807, 2.05) is 12.1 Å². The van der Waals surface area contributed by atoms with Crippen molar-refractivity contribution in [3.63, 3.8) is 0 Å². The summed E-state index contributed by atoms with van der Waals surface area (Å²) in [6.45, 7) is 0.274. The van der Waals surface area contributed by atoms with Crippen molar-refractivity contribution in [3.05, 3.63) is 97.0 Å². The van der Waals surface area contributed by atoms with Crippen molar-refractivity contribution < 1.29 is 9.66 Å². The van der Waals surface area contributed by atoms with Crippen molar-refractivity contribution in [2.45, 2.75) is 6.61 Å². The molecule has 0 aliphatic carbocycles. The van der Waals surface area contributed by atoms with Crippen molar-refractivity contribution >= 4 is 52.4 Å². The van der Waals surface area contributed by atoms with E-state index in [4.69, 9.17) is 39.5 Å². The molecule has 0 saturated heterocycles. The molecule has 0 atom stereocenters. The van der Waals surface area contributed by atoms with Crippen LogP contribution in [0.15, 0.2) is 65.7 Å². The fourth-order valence-electron chi connectivity index (χ4n) is 2.38. The topological polar surface area (TPSA) is 64.7 Å². The number of benzene rings is 3. The van der Waals surface area contributed by atoms with Gasteiger partial charge in [-0.2, -0.15) is 0 Å². The zero-order valence-electron chi connectivity index (χ0n) is 14.3.